The van der Waals surface area contributed by atoms with E-state index in [1.54, 1.807) is 4.90 Å². The van der Waals surface area contributed by atoms with Crippen LogP contribution in [0.3, 0.4) is 0 Å². The Bertz CT molecular complexity index is 464. The summed E-state index contributed by atoms with van der Waals surface area (Å²) >= 11 is 0. The third kappa shape index (κ3) is 5.87. The number of rotatable bonds is 8. The van der Waals surface area contributed by atoms with Crippen molar-refractivity contribution in [3.05, 3.63) is 29.8 Å². The van der Waals surface area contributed by atoms with Gasteiger partial charge in [-0.3, -0.25) is 4.79 Å². The van der Waals surface area contributed by atoms with Crippen LogP contribution in [-0.4, -0.2) is 38.8 Å². The van der Waals surface area contributed by atoms with E-state index in [2.05, 4.69) is 31.2 Å². The Morgan fingerprint density at radius 3 is 2.48 bits per heavy atom. The third-order valence-electron chi connectivity index (χ3n) is 4.59. The van der Waals surface area contributed by atoms with Crippen LogP contribution in [0, 0.1) is 5.92 Å². The summed E-state index contributed by atoms with van der Waals surface area (Å²) in [4.78, 5) is 13.3. The summed E-state index contributed by atoms with van der Waals surface area (Å²) in [6.45, 7) is 8.52. The first kappa shape index (κ1) is 17.8. The monoisotopic (exact) mass is 320 g/mol. The van der Waals surface area contributed by atoms with Crippen LogP contribution in [0.2, 0.25) is 0 Å². The van der Waals surface area contributed by atoms with Crippen LogP contribution < -0.4 is 9.64 Å². The fourth-order valence-electron chi connectivity index (χ4n) is 3.11. The van der Waals surface area contributed by atoms with Gasteiger partial charge in [-0.1, -0.05) is 19.1 Å². The highest BCUT2D eigenvalue weighted by Gasteiger charge is 2.27. The Balaban J connectivity index is 1.59. The van der Waals surface area contributed by atoms with E-state index in [1.807, 2.05) is 6.92 Å². The molecule has 0 bridgehead atoms. The lowest BCUT2D eigenvalue weighted by atomic mass is 9.97. The quantitative estimate of drug-likeness (QED) is 0.587. The normalized spacial score (nSPS) is 21.0. The van der Waals surface area contributed by atoms with Crippen molar-refractivity contribution in [2.24, 2.45) is 5.92 Å². The largest absolute Gasteiger partial charge is 0.493 e. The Labute approximate surface area is 139 Å². The van der Waals surface area contributed by atoms with E-state index in [9.17, 15) is 4.79 Å². The standard InChI is InChI=1S/C19H29NO3/c1-3-16-6-8-18(9-7-16)23-15-5-12-20-13-10-17(11-14-20)19(21)22-4-2/h6-9,17H,3-5,10-15H2,1-2H3/p+1. The Kier molecular flexibility index (Phi) is 7.40. The van der Waals surface area contributed by atoms with Crippen LogP contribution in [-0.2, 0) is 16.0 Å². The van der Waals surface area contributed by atoms with E-state index in [0.29, 0.717) is 6.61 Å². The lowest BCUT2D eigenvalue weighted by Crippen LogP contribution is -3.13. The fraction of sp³-hybridized carbons (Fsp3) is 0.632. The number of carbonyl (C=O) groups excluding carboxylic acids is 1. The van der Waals surface area contributed by atoms with Gasteiger partial charge in [0.25, 0.3) is 0 Å². The van der Waals surface area contributed by atoms with E-state index in [4.69, 9.17) is 9.47 Å². The number of esters is 1. The summed E-state index contributed by atoms with van der Waals surface area (Å²) in [6.07, 6.45) is 4.02. The van der Waals surface area contributed by atoms with E-state index in [-0.39, 0.29) is 11.9 Å². The van der Waals surface area contributed by atoms with Crippen LogP contribution in [0.1, 0.15) is 38.7 Å². The molecule has 1 saturated heterocycles. The average molecular weight is 320 g/mol. The molecule has 0 spiro atoms. The van der Waals surface area contributed by atoms with Gasteiger partial charge in [-0.15, -0.1) is 0 Å². The van der Waals surface area contributed by atoms with E-state index >= 15 is 0 Å². The number of likely N-dealkylation sites (tertiary alicyclic amines) is 1. The second-order valence-electron chi connectivity index (χ2n) is 6.23. The zero-order chi connectivity index (χ0) is 16.5. The molecule has 0 atom stereocenters. The van der Waals surface area contributed by atoms with Crippen LogP contribution in [0.4, 0.5) is 0 Å². The number of benzene rings is 1. The first-order chi connectivity index (χ1) is 11.2. The molecule has 1 aromatic rings. The molecule has 128 valence electrons. The van der Waals surface area contributed by atoms with E-state index < -0.39 is 0 Å². The number of hydrogen-bond acceptors (Lipinski definition) is 3. The minimum atomic E-state index is -0.00888. The minimum Gasteiger partial charge on any atom is -0.493 e. The molecular formula is C19H30NO3+. The van der Waals surface area contributed by atoms with Crippen molar-refractivity contribution in [2.75, 3.05) is 32.8 Å². The molecule has 1 aliphatic rings. The topological polar surface area (TPSA) is 40.0 Å². The number of nitrogens with one attached hydrogen (secondary N) is 1. The van der Waals surface area contributed by atoms with E-state index in [0.717, 1.165) is 57.7 Å². The predicted molar refractivity (Wildman–Crippen MR) is 90.9 cm³/mol. The van der Waals surface area contributed by atoms with Crippen molar-refractivity contribution < 1.29 is 19.2 Å². The number of piperidine rings is 1. The van der Waals surface area contributed by atoms with Crippen LogP contribution >= 0.6 is 0 Å². The molecule has 0 aliphatic carbocycles. The number of hydrogen-bond donors (Lipinski definition) is 1. The summed E-state index contributed by atoms with van der Waals surface area (Å²) in [5, 5.41) is 0. The molecule has 23 heavy (non-hydrogen) atoms. The van der Waals surface area contributed by atoms with Crippen molar-refractivity contribution in [1.29, 1.82) is 0 Å². The molecule has 2 rings (SSSR count). The molecule has 1 aliphatic heterocycles. The summed E-state index contributed by atoms with van der Waals surface area (Å²) in [7, 11) is 0. The SMILES string of the molecule is CCOC(=O)C1CC[NH+](CCCOc2ccc(CC)cc2)CC1. The second kappa shape index (κ2) is 9.56. The van der Waals surface area contributed by atoms with Crippen molar-refractivity contribution >= 4 is 5.97 Å². The first-order valence-electron chi connectivity index (χ1n) is 8.94. The maximum absolute atomic E-state index is 11.7. The molecule has 0 amide bonds. The van der Waals surface area contributed by atoms with Gasteiger partial charge in [-0.25, -0.2) is 0 Å². The van der Waals surface area contributed by atoms with Gasteiger partial charge in [0, 0.05) is 19.3 Å². The summed E-state index contributed by atoms with van der Waals surface area (Å²) in [5.41, 5.74) is 1.34. The van der Waals surface area contributed by atoms with Crippen molar-refractivity contribution in [3.63, 3.8) is 0 Å². The summed E-state index contributed by atoms with van der Waals surface area (Å²) in [5.74, 6) is 1.07. The Morgan fingerprint density at radius 1 is 1.17 bits per heavy atom. The molecule has 1 N–H and O–H groups in total. The Hall–Kier alpha value is -1.55. The second-order valence-corrected chi connectivity index (χ2v) is 6.23. The lowest BCUT2D eigenvalue weighted by Gasteiger charge is -2.28. The number of quaternary nitrogens is 1. The summed E-state index contributed by atoms with van der Waals surface area (Å²) in [6, 6.07) is 8.36. The zero-order valence-electron chi connectivity index (χ0n) is 14.5. The average Bonchev–Trinajstić information content (AvgIpc) is 2.60. The predicted octanol–water partition coefficient (Wildman–Crippen LogP) is 1.88. The van der Waals surface area contributed by atoms with Gasteiger partial charge in [-0.2, -0.15) is 0 Å². The fourth-order valence-corrected chi connectivity index (χ4v) is 3.11. The van der Waals surface area contributed by atoms with Gasteiger partial charge in [0.2, 0.25) is 0 Å². The number of aryl methyl sites for hydroxylation is 1. The Morgan fingerprint density at radius 2 is 1.87 bits per heavy atom. The molecule has 4 nitrogen and oxygen atoms in total. The highest BCUT2D eigenvalue weighted by atomic mass is 16.5. The molecular weight excluding hydrogens is 290 g/mol. The van der Waals surface area contributed by atoms with Crippen molar-refractivity contribution in [1.82, 2.24) is 0 Å². The molecule has 0 unspecified atom stereocenters. The number of ether oxygens (including phenoxy) is 2. The van der Waals surface area contributed by atoms with Gasteiger partial charge in [-0.05, 0) is 31.0 Å². The van der Waals surface area contributed by atoms with Crippen molar-refractivity contribution in [3.8, 4) is 5.75 Å². The van der Waals surface area contributed by atoms with Crippen LogP contribution in [0.25, 0.3) is 0 Å². The minimum absolute atomic E-state index is 0.00888. The third-order valence-corrected chi connectivity index (χ3v) is 4.59. The van der Waals surface area contributed by atoms with Crippen LogP contribution in [0.15, 0.2) is 24.3 Å². The highest BCUT2D eigenvalue weighted by Crippen LogP contribution is 2.13. The lowest BCUT2D eigenvalue weighted by molar-refractivity contribution is -0.906. The van der Waals surface area contributed by atoms with Gasteiger partial charge < -0.3 is 14.4 Å². The molecule has 1 aromatic carbocycles. The van der Waals surface area contributed by atoms with Gasteiger partial charge in [0.15, 0.2) is 0 Å². The highest BCUT2D eigenvalue weighted by molar-refractivity contribution is 5.72. The molecule has 0 saturated carbocycles. The van der Waals surface area contributed by atoms with Gasteiger partial charge in [0.05, 0.1) is 38.8 Å². The molecule has 0 aromatic heterocycles. The summed E-state index contributed by atoms with van der Waals surface area (Å²) < 4.78 is 10.9. The molecule has 4 heteroatoms. The maximum Gasteiger partial charge on any atom is 0.309 e. The maximum atomic E-state index is 11.7. The number of carbonyl (C=O) groups is 1. The van der Waals surface area contributed by atoms with Crippen molar-refractivity contribution in [2.45, 2.75) is 39.5 Å². The first-order valence-corrected chi connectivity index (χ1v) is 8.94. The van der Waals surface area contributed by atoms with Gasteiger partial charge in [0.1, 0.15) is 5.75 Å². The zero-order valence-corrected chi connectivity index (χ0v) is 14.5. The smallest absolute Gasteiger partial charge is 0.309 e. The van der Waals surface area contributed by atoms with E-state index in [1.165, 1.54) is 5.56 Å². The molecule has 1 fully saturated rings. The van der Waals surface area contributed by atoms with Gasteiger partial charge >= 0.3 is 5.97 Å². The molecule has 0 radical (unpaired) electrons. The molecule has 1 heterocycles. The van der Waals surface area contributed by atoms with Crippen LogP contribution in [0.5, 0.6) is 5.75 Å².